The molecule has 0 fully saturated rings. The van der Waals surface area contributed by atoms with Gasteiger partial charge in [-0.15, -0.1) is 0 Å². The van der Waals surface area contributed by atoms with Crippen LogP contribution in [0.2, 0.25) is 0 Å². The van der Waals surface area contributed by atoms with Crippen molar-refractivity contribution in [3.63, 3.8) is 0 Å². The Hall–Kier alpha value is -1.23. The van der Waals surface area contributed by atoms with Gasteiger partial charge in [0, 0.05) is 13.1 Å². The van der Waals surface area contributed by atoms with E-state index in [1.807, 2.05) is 0 Å². The number of imidazole rings is 1. The van der Waals surface area contributed by atoms with Gasteiger partial charge in [0.05, 0.1) is 5.52 Å². The molecule has 0 amide bonds. The maximum absolute atomic E-state index is 13.1. The highest BCUT2D eigenvalue weighted by Crippen LogP contribution is 2.17. The molecule has 0 saturated heterocycles. The third-order valence-electron chi connectivity index (χ3n) is 1.93. The van der Waals surface area contributed by atoms with Crippen molar-refractivity contribution >= 4 is 23.3 Å². The summed E-state index contributed by atoms with van der Waals surface area (Å²) in [5, 5.41) is 0. The van der Waals surface area contributed by atoms with Gasteiger partial charge in [0.2, 0.25) is 0 Å². The Balaban J connectivity index is 3.03. The van der Waals surface area contributed by atoms with E-state index in [0.29, 0.717) is 10.3 Å². The number of hydrogen-bond donors (Lipinski definition) is 1. The Morgan fingerprint density at radius 1 is 1.38 bits per heavy atom. The first kappa shape index (κ1) is 8.37. The number of halogens is 2. The molecule has 1 N–H and O–H groups in total. The first-order valence-electron chi connectivity index (χ1n) is 3.63. The number of H-pyrrole nitrogens is 1. The molecule has 0 spiro atoms. The highest BCUT2D eigenvalue weighted by atomic mass is 32.1. The minimum Gasteiger partial charge on any atom is -0.328 e. The molecule has 1 aromatic heterocycles. The van der Waals surface area contributed by atoms with E-state index < -0.39 is 11.6 Å². The number of nitrogens with zero attached hydrogens (tertiary/aromatic N) is 1. The van der Waals surface area contributed by atoms with Gasteiger partial charge in [-0.2, -0.15) is 0 Å². The molecule has 13 heavy (non-hydrogen) atoms. The Labute approximate surface area is 77.8 Å². The third-order valence-corrected chi connectivity index (χ3v) is 2.31. The van der Waals surface area contributed by atoms with Crippen molar-refractivity contribution in [3.05, 3.63) is 28.5 Å². The zero-order chi connectivity index (χ0) is 9.59. The zero-order valence-electron chi connectivity index (χ0n) is 6.77. The van der Waals surface area contributed by atoms with Crippen LogP contribution in [0.15, 0.2) is 12.1 Å². The minimum atomic E-state index is -0.623. The van der Waals surface area contributed by atoms with Crippen LogP contribution in [-0.4, -0.2) is 9.55 Å². The minimum absolute atomic E-state index is 0.244. The van der Waals surface area contributed by atoms with Crippen LogP contribution in [0.3, 0.4) is 0 Å². The second kappa shape index (κ2) is 2.63. The van der Waals surface area contributed by atoms with Gasteiger partial charge in [0.1, 0.15) is 11.3 Å². The lowest BCUT2D eigenvalue weighted by molar-refractivity contribution is 0.590. The summed E-state index contributed by atoms with van der Waals surface area (Å²) in [6, 6.07) is 2.07. The molecule has 1 aromatic carbocycles. The quantitative estimate of drug-likeness (QED) is 0.648. The maximum Gasteiger partial charge on any atom is 0.177 e. The molecule has 0 atom stereocenters. The molecule has 68 valence electrons. The molecule has 0 bridgehead atoms. The highest BCUT2D eigenvalue weighted by molar-refractivity contribution is 7.71. The van der Waals surface area contributed by atoms with Gasteiger partial charge in [-0.1, -0.05) is 0 Å². The summed E-state index contributed by atoms with van der Waals surface area (Å²) in [4.78, 5) is 2.66. The highest BCUT2D eigenvalue weighted by Gasteiger charge is 2.07. The predicted octanol–water partition coefficient (Wildman–Crippen LogP) is 2.51. The molecule has 0 radical (unpaired) electrons. The number of aromatic nitrogens is 2. The van der Waals surface area contributed by atoms with E-state index in [-0.39, 0.29) is 5.52 Å². The second-order valence-electron chi connectivity index (χ2n) is 2.77. The lowest BCUT2D eigenvalue weighted by atomic mass is 10.3. The summed E-state index contributed by atoms with van der Waals surface area (Å²) < 4.78 is 27.8. The van der Waals surface area contributed by atoms with Crippen molar-refractivity contribution in [2.24, 2.45) is 7.05 Å². The summed E-state index contributed by atoms with van der Waals surface area (Å²) in [6.07, 6.45) is 0. The van der Waals surface area contributed by atoms with Crippen molar-refractivity contribution in [3.8, 4) is 0 Å². The molecule has 0 aliphatic carbocycles. The zero-order valence-corrected chi connectivity index (χ0v) is 7.58. The molecule has 2 aromatic rings. The van der Waals surface area contributed by atoms with Crippen LogP contribution < -0.4 is 0 Å². The molecular formula is C8H6F2N2S. The monoisotopic (exact) mass is 200 g/mol. The van der Waals surface area contributed by atoms with E-state index in [0.717, 1.165) is 6.07 Å². The summed E-state index contributed by atoms with van der Waals surface area (Å²) in [6.45, 7) is 0. The van der Waals surface area contributed by atoms with Gasteiger partial charge in [0.15, 0.2) is 10.6 Å². The van der Waals surface area contributed by atoms with Gasteiger partial charge in [-0.3, -0.25) is 0 Å². The first-order chi connectivity index (χ1) is 6.09. The molecule has 0 aliphatic heterocycles. The van der Waals surface area contributed by atoms with Gasteiger partial charge in [-0.05, 0) is 18.3 Å². The van der Waals surface area contributed by atoms with Crippen LogP contribution in [0, 0.1) is 16.4 Å². The van der Waals surface area contributed by atoms with Gasteiger partial charge < -0.3 is 9.55 Å². The smallest absolute Gasteiger partial charge is 0.177 e. The van der Waals surface area contributed by atoms with Crippen molar-refractivity contribution in [2.75, 3.05) is 0 Å². The first-order valence-corrected chi connectivity index (χ1v) is 4.04. The fraction of sp³-hybridized carbons (Fsp3) is 0.125. The van der Waals surface area contributed by atoms with Crippen LogP contribution in [-0.2, 0) is 7.05 Å². The predicted molar refractivity (Wildman–Crippen MR) is 48.0 cm³/mol. The molecule has 0 unspecified atom stereocenters. The van der Waals surface area contributed by atoms with Crippen LogP contribution in [0.25, 0.3) is 11.0 Å². The van der Waals surface area contributed by atoms with Crippen LogP contribution in [0.1, 0.15) is 0 Å². The van der Waals surface area contributed by atoms with Crippen LogP contribution >= 0.6 is 12.2 Å². The normalized spacial score (nSPS) is 11.0. The van der Waals surface area contributed by atoms with Crippen molar-refractivity contribution in [2.45, 2.75) is 0 Å². The molecule has 0 saturated carbocycles. The lowest BCUT2D eigenvalue weighted by Crippen LogP contribution is -1.88. The van der Waals surface area contributed by atoms with Crippen LogP contribution in [0.5, 0.6) is 0 Å². The van der Waals surface area contributed by atoms with E-state index >= 15 is 0 Å². The summed E-state index contributed by atoms with van der Waals surface area (Å²) in [7, 11) is 1.65. The Morgan fingerprint density at radius 3 is 2.77 bits per heavy atom. The SMILES string of the molecule is Cn1c(=S)[nH]c2c(F)cc(F)cc21. The van der Waals surface area contributed by atoms with E-state index in [1.54, 1.807) is 7.05 Å². The molecule has 5 heteroatoms. The second-order valence-corrected chi connectivity index (χ2v) is 3.16. The van der Waals surface area contributed by atoms with E-state index in [4.69, 9.17) is 12.2 Å². The lowest BCUT2D eigenvalue weighted by Gasteiger charge is -1.95. The van der Waals surface area contributed by atoms with Crippen LogP contribution in [0.4, 0.5) is 8.78 Å². The number of nitrogens with one attached hydrogen (secondary N) is 1. The topological polar surface area (TPSA) is 20.7 Å². The van der Waals surface area contributed by atoms with Gasteiger partial charge in [0.25, 0.3) is 0 Å². The van der Waals surface area contributed by atoms with E-state index in [9.17, 15) is 8.78 Å². The van der Waals surface area contributed by atoms with Crippen molar-refractivity contribution < 1.29 is 8.78 Å². The molecule has 2 nitrogen and oxygen atoms in total. The summed E-state index contributed by atoms with van der Waals surface area (Å²) in [5.74, 6) is -1.23. The Kier molecular flexibility index (Phi) is 1.69. The number of rotatable bonds is 0. The van der Waals surface area contributed by atoms with Gasteiger partial charge >= 0.3 is 0 Å². The largest absolute Gasteiger partial charge is 0.328 e. The average molecular weight is 200 g/mol. The summed E-state index contributed by atoms with van der Waals surface area (Å²) in [5.41, 5.74) is 0.677. The number of benzene rings is 1. The number of aromatic amines is 1. The standard InChI is InChI=1S/C8H6F2N2S/c1-12-6-3-4(9)2-5(10)7(6)11-8(12)13/h2-3H,1H3,(H,11,13). The summed E-state index contributed by atoms with van der Waals surface area (Å²) >= 11 is 4.88. The van der Waals surface area contributed by atoms with Crippen molar-refractivity contribution in [1.29, 1.82) is 0 Å². The Bertz CT molecular complexity index is 527. The number of aryl methyl sites for hydroxylation is 1. The average Bonchev–Trinajstić information content (AvgIpc) is 2.32. The van der Waals surface area contributed by atoms with Gasteiger partial charge in [-0.25, -0.2) is 8.78 Å². The molecule has 2 rings (SSSR count). The maximum atomic E-state index is 13.1. The molecular weight excluding hydrogens is 194 g/mol. The number of hydrogen-bond acceptors (Lipinski definition) is 1. The fourth-order valence-electron chi connectivity index (χ4n) is 1.25. The van der Waals surface area contributed by atoms with E-state index in [1.165, 1.54) is 10.6 Å². The third kappa shape index (κ3) is 1.16. The van der Waals surface area contributed by atoms with E-state index in [2.05, 4.69) is 4.98 Å². The Morgan fingerprint density at radius 2 is 2.08 bits per heavy atom. The molecule has 0 aliphatic rings. The molecule has 1 heterocycles. The number of fused-ring (bicyclic) bond motifs is 1. The van der Waals surface area contributed by atoms with Crippen molar-refractivity contribution in [1.82, 2.24) is 9.55 Å². The fourth-order valence-corrected chi connectivity index (χ4v) is 1.45.